The second-order valence-corrected chi connectivity index (χ2v) is 7.92. The molecule has 0 spiro atoms. The number of ether oxygens (including phenoxy) is 1. The number of hydrogen-bond acceptors (Lipinski definition) is 5. The van der Waals surface area contributed by atoms with E-state index < -0.39 is 18.0 Å². The first-order valence-electron chi connectivity index (χ1n) is 10.3. The minimum Gasteiger partial charge on any atom is -0.383 e. The highest BCUT2D eigenvalue weighted by atomic mass is 19.1. The highest BCUT2D eigenvalue weighted by Crippen LogP contribution is 2.24. The molecule has 1 atom stereocenters. The second-order valence-electron chi connectivity index (χ2n) is 7.92. The summed E-state index contributed by atoms with van der Waals surface area (Å²) in [5.74, 6) is -0.129. The number of benzene rings is 1. The van der Waals surface area contributed by atoms with E-state index in [4.69, 9.17) is 4.74 Å². The van der Waals surface area contributed by atoms with E-state index >= 15 is 0 Å². The molecule has 0 radical (unpaired) electrons. The molecule has 10 heteroatoms. The maximum atomic E-state index is 14.6. The first-order valence-corrected chi connectivity index (χ1v) is 10.3. The number of halogens is 1. The molecule has 4 rings (SSSR count). The van der Waals surface area contributed by atoms with Gasteiger partial charge in [0.2, 0.25) is 11.9 Å². The van der Waals surface area contributed by atoms with Crippen LogP contribution in [0.1, 0.15) is 22.5 Å². The van der Waals surface area contributed by atoms with Crippen LogP contribution >= 0.6 is 0 Å². The van der Waals surface area contributed by atoms with Gasteiger partial charge >= 0.3 is 12.0 Å². The van der Waals surface area contributed by atoms with Crippen LogP contribution in [0.25, 0.3) is 0 Å². The molecular weight excluding hydrogens is 415 g/mol. The Labute approximate surface area is 185 Å². The van der Waals surface area contributed by atoms with E-state index in [1.54, 1.807) is 34.5 Å². The molecule has 2 aliphatic rings. The fraction of sp³-hybridized carbons (Fsp3) is 0.409. The Morgan fingerprint density at radius 1 is 1.19 bits per heavy atom. The maximum absolute atomic E-state index is 14.6. The zero-order valence-corrected chi connectivity index (χ0v) is 18.8. The number of amides is 3. The van der Waals surface area contributed by atoms with Gasteiger partial charge in [-0.15, -0.1) is 9.78 Å². The number of likely N-dealkylation sites (N-methyl/N-ethyl adjacent to an activating group) is 1. The summed E-state index contributed by atoms with van der Waals surface area (Å²) in [6, 6.07) is 5.05. The first kappa shape index (κ1) is 21.8. The van der Waals surface area contributed by atoms with Gasteiger partial charge in [0.05, 0.1) is 25.4 Å². The fourth-order valence-corrected chi connectivity index (χ4v) is 3.95. The van der Waals surface area contributed by atoms with Crippen LogP contribution in [-0.2, 0) is 16.1 Å². The summed E-state index contributed by atoms with van der Waals surface area (Å²) >= 11 is 0. The number of aryl methyl sites for hydroxylation is 1. The molecule has 32 heavy (non-hydrogen) atoms. The summed E-state index contributed by atoms with van der Waals surface area (Å²) < 4.78 is 23.0. The number of fused-ring (bicyclic) bond motifs is 1. The molecule has 1 fully saturated rings. The van der Waals surface area contributed by atoms with Gasteiger partial charge < -0.3 is 4.74 Å². The summed E-state index contributed by atoms with van der Waals surface area (Å²) in [7, 11) is 3.09. The van der Waals surface area contributed by atoms with Gasteiger partial charge in [0.15, 0.2) is 0 Å². The molecule has 168 valence electrons. The highest BCUT2D eigenvalue weighted by molar-refractivity contribution is 6.23. The van der Waals surface area contributed by atoms with Crippen molar-refractivity contribution in [2.75, 3.05) is 27.3 Å². The number of rotatable bonds is 5. The lowest BCUT2D eigenvalue weighted by Gasteiger charge is -2.34. The molecule has 1 aromatic heterocycles. The van der Waals surface area contributed by atoms with Crippen molar-refractivity contribution in [1.82, 2.24) is 19.6 Å². The van der Waals surface area contributed by atoms with Crippen LogP contribution in [0.2, 0.25) is 0 Å². The van der Waals surface area contributed by atoms with Gasteiger partial charge in [0.1, 0.15) is 11.5 Å². The van der Waals surface area contributed by atoms with Crippen LogP contribution in [0.5, 0.6) is 0 Å². The number of methoxy groups -OCH3 is 1. The summed E-state index contributed by atoms with van der Waals surface area (Å²) in [6.45, 7) is 6.17. The largest absolute Gasteiger partial charge is 0.421 e. The first-order chi connectivity index (χ1) is 15.3. The van der Waals surface area contributed by atoms with E-state index in [0.29, 0.717) is 17.4 Å². The number of nitrogens with zero attached hydrogens (tertiary/aromatic N) is 6. The van der Waals surface area contributed by atoms with Crippen molar-refractivity contribution in [3.8, 4) is 0 Å². The van der Waals surface area contributed by atoms with Gasteiger partial charge in [0.25, 0.3) is 5.91 Å². The second kappa shape index (κ2) is 8.27. The Kier molecular flexibility index (Phi) is 5.64. The smallest absolute Gasteiger partial charge is 0.383 e. The molecule has 0 N–H and O–H groups in total. The molecule has 3 heterocycles. The molecule has 1 aromatic carbocycles. The number of hydrogen-bond donors (Lipinski definition) is 0. The van der Waals surface area contributed by atoms with Crippen molar-refractivity contribution >= 4 is 23.7 Å². The van der Waals surface area contributed by atoms with Gasteiger partial charge in [-0.05, 0) is 26.8 Å². The Morgan fingerprint density at radius 3 is 2.53 bits per heavy atom. The predicted molar refractivity (Wildman–Crippen MR) is 115 cm³/mol. The third kappa shape index (κ3) is 3.40. The molecular formula is C22H26FN6O3+. The zero-order chi connectivity index (χ0) is 23.2. The van der Waals surface area contributed by atoms with Crippen molar-refractivity contribution in [3.63, 3.8) is 0 Å². The average molecular weight is 441 g/mol. The minimum absolute atomic E-state index is 0.0863. The number of carbonyl (C=O) groups excluding carboxylic acids is 2. The summed E-state index contributed by atoms with van der Waals surface area (Å²) in [5, 5.41) is 4.59. The monoisotopic (exact) mass is 441 g/mol. The molecule has 0 bridgehead atoms. The van der Waals surface area contributed by atoms with Crippen molar-refractivity contribution in [1.29, 1.82) is 0 Å². The van der Waals surface area contributed by atoms with Crippen molar-refractivity contribution in [2.24, 2.45) is 4.99 Å². The summed E-state index contributed by atoms with van der Waals surface area (Å²) in [6.07, 6.45) is 0. The lowest BCUT2D eigenvalue weighted by molar-refractivity contribution is -0.553. The summed E-state index contributed by atoms with van der Waals surface area (Å²) in [5.41, 5.74) is 3.09. The molecule has 0 aliphatic carbocycles. The van der Waals surface area contributed by atoms with Crippen molar-refractivity contribution in [2.45, 2.75) is 33.4 Å². The van der Waals surface area contributed by atoms with E-state index in [9.17, 15) is 14.0 Å². The van der Waals surface area contributed by atoms with Crippen LogP contribution in [-0.4, -0.2) is 81.2 Å². The Bertz CT molecular complexity index is 1170. The number of aromatic nitrogens is 2. The lowest BCUT2D eigenvalue weighted by atomic mass is 10.1. The molecule has 1 unspecified atom stereocenters. The Hall–Kier alpha value is -3.40. The SMILES string of the molecule is COCCN1C(=O)C2C(=NC(n3nc(C)c(C)c3C)=[N+]2Cc2ccccc2F)N(C)C1=O. The standard InChI is InChI=1S/C22H26FN6O3/c1-13-14(2)25-29(15(13)3)21-24-19-18(28(21)12-16-8-6-7-9-17(16)23)20(30)27(10-11-32-5)22(31)26(19)4/h6-9,18H,10-12H2,1-5H3/q+1. The number of amidine groups is 1. The van der Waals surface area contributed by atoms with Crippen molar-refractivity contribution < 1.29 is 23.3 Å². The Balaban J connectivity index is 1.87. The van der Waals surface area contributed by atoms with E-state index in [2.05, 4.69) is 10.1 Å². The third-order valence-electron chi connectivity index (χ3n) is 6.05. The van der Waals surface area contributed by atoms with Gasteiger partial charge in [0, 0.05) is 25.3 Å². The molecule has 9 nitrogen and oxygen atoms in total. The zero-order valence-electron chi connectivity index (χ0n) is 18.8. The van der Waals surface area contributed by atoms with E-state index in [1.165, 1.54) is 18.1 Å². The van der Waals surface area contributed by atoms with Crippen LogP contribution in [0.3, 0.4) is 0 Å². The topological polar surface area (TPSA) is 83.0 Å². The van der Waals surface area contributed by atoms with Gasteiger partial charge in [-0.25, -0.2) is 13.8 Å². The van der Waals surface area contributed by atoms with Crippen molar-refractivity contribution in [3.05, 3.63) is 52.6 Å². The fourth-order valence-electron chi connectivity index (χ4n) is 3.95. The lowest BCUT2D eigenvalue weighted by Crippen LogP contribution is -2.63. The molecule has 0 saturated carbocycles. The number of imide groups is 1. The van der Waals surface area contributed by atoms with E-state index in [0.717, 1.165) is 21.9 Å². The number of carbonyl (C=O) groups is 2. The number of urea groups is 1. The van der Waals surface area contributed by atoms with Crippen LogP contribution in [0.15, 0.2) is 29.3 Å². The molecule has 3 amide bonds. The Morgan fingerprint density at radius 2 is 1.91 bits per heavy atom. The van der Waals surface area contributed by atoms with Gasteiger partial charge in [-0.2, -0.15) is 0 Å². The maximum Gasteiger partial charge on any atom is 0.421 e. The number of aliphatic imine (C=N–C) groups is 1. The van der Waals surface area contributed by atoms with Crippen LogP contribution in [0.4, 0.5) is 9.18 Å². The highest BCUT2D eigenvalue weighted by Gasteiger charge is 2.53. The van der Waals surface area contributed by atoms with Gasteiger partial charge in [-0.3, -0.25) is 14.6 Å². The predicted octanol–water partition coefficient (Wildman–Crippen LogP) is 1.69. The van der Waals surface area contributed by atoms with E-state index in [-0.39, 0.29) is 25.5 Å². The van der Waals surface area contributed by atoms with Crippen LogP contribution < -0.4 is 0 Å². The van der Waals surface area contributed by atoms with E-state index in [1.807, 2.05) is 20.8 Å². The normalized spacial score (nSPS) is 18.6. The molecule has 2 aliphatic heterocycles. The third-order valence-corrected chi connectivity index (χ3v) is 6.05. The minimum atomic E-state index is -0.881. The molecule has 1 saturated heterocycles. The van der Waals surface area contributed by atoms with Gasteiger partial charge in [-0.1, -0.05) is 23.2 Å². The average Bonchev–Trinajstić information content (AvgIpc) is 3.26. The molecule has 2 aromatic rings. The van der Waals surface area contributed by atoms with Crippen LogP contribution in [0, 0.1) is 26.6 Å². The quantitative estimate of drug-likeness (QED) is 0.661. The summed E-state index contributed by atoms with van der Waals surface area (Å²) in [4.78, 5) is 33.5.